The highest BCUT2D eigenvalue weighted by Gasteiger charge is 2.10. The summed E-state index contributed by atoms with van der Waals surface area (Å²) in [6.45, 7) is 2.53. The summed E-state index contributed by atoms with van der Waals surface area (Å²) in [6.07, 6.45) is 3.58. The minimum absolute atomic E-state index is 0.0481. The molecule has 2 N–H and O–H groups in total. The highest BCUT2D eigenvalue weighted by molar-refractivity contribution is 5.42. The van der Waals surface area contributed by atoms with Gasteiger partial charge in [-0.2, -0.15) is 0 Å². The number of hydrogen-bond donors (Lipinski definition) is 1. The molecule has 0 saturated heterocycles. The lowest BCUT2D eigenvalue weighted by Gasteiger charge is -2.14. The van der Waals surface area contributed by atoms with E-state index in [0.29, 0.717) is 6.61 Å². The van der Waals surface area contributed by atoms with Crippen LogP contribution >= 0.6 is 0 Å². The molecule has 4 heteroatoms. The molecule has 0 aliphatic carbocycles. The van der Waals surface area contributed by atoms with Crippen molar-refractivity contribution in [2.24, 2.45) is 5.73 Å². The van der Waals surface area contributed by atoms with E-state index in [1.54, 1.807) is 19.6 Å². The summed E-state index contributed by atoms with van der Waals surface area (Å²) < 4.78 is 7.21. The summed E-state index contributed by atoms with van der Waals surface area (Å²) >= 11 is 0. The molecule has 2 rings (SSSR count). The largest absolute Gasteiger partial charge is 0.380 e. The summed E-state index contributed by atoms with van der Waals surface area (Å²) in [5.41, 5.74) is 9.11. The average Bonchev–Trinajstić information content (AvgIpc) is 2.79. The first kappa shape index (κ1) is 11.8. The van der Waals surface area contributed by atoms with E-state index in [4.69, 9.17) is 10.5 Å². The number of benzene rings is 1. The second-order valence-corrected chi connectivity index (χ2v) is 4.04. The molecule has 0 bridgehead atoms. The molecular formula is C13H17N3O. The van der Waals surface area contributed by atoms with Crippen LogP contribution in [0.4, 0.5) is 0 Å². The van der Waals surface area contributed by atoms with E-state index in [-0.39, 0.29) is 6.04 Å². The Kier molecular flexibility index (Phi) is 3.56. The Hall–Kier alpha value is -1.65. The van der Waals surface area contributed by atoms with Crippen LogP contribution in [-0.2, 0) is 11.3 Å². The molecule has 4 nitrogen and oxygen atoms in total. The Balaban J connectivity index is 2.48. The monoisotopic (exact) mass is 231 g/mol. The summed E-state index contributed by atoms with van der Waals surface area (Å²) in [6, 6.07) is 8.04. The normalized spacial score (nSPS) is 12.6. The summed E-state index contributed by atoms with van der Waals surface area (Å²) in [5, 5.41) is 0. The number of nitrogens with two attached hydrogens (primary N) is 1. The number of nitrogens with zero attached hydrogens (tertiary/aromatic N) is 2. The first-order valence-corrected chi connectivity index (χ1v) is 5.59. The first-order valence-electron chi connectivity index (χ1n) is 5.59. The molecule has 0 unspecified atom stereocenters. The van der Waals surface area contributed by atoms with E-state index in [9.17, 15) is 0 Å². The van der Waals surface area contributed by atoms with Crippen LogP contribution in [0.1, 0.15) is 24.2 Å². The third kappa shape index (κ3) is 2.38. The topological polar surface area (TPSA) is 53.1 Å². The van der Waals surface area contributed by atoms with Crippen molar-refractivity contribution >= 4 is 0 Å². The summed E-state index contributed by atoms with van der Waals surface area (Å²) in [5.74, 6) is 0. The van der Waals surface area contributed by atoms with E-state index in [1.807, 2.05) is 35.8 Å². The van der Waals surface area contributed by atoms with Crippen molar-refractivity contribution in [2.75, 3.05) is 7.11 Å². The SMILES string of the molecule is COCc1ccccc1-n1cncc1[C@H](C)N. The average molecular weight is 231 g/mol. The summed E-state index contributed by atoms with van der Waals surface area (Å²) in [7, 11) is 1.69. The van der Waals surface area contributed by atoms with Gasteiger partial charge in [-0.25, -0.2) is 4.98 Å². The van der Waals surface area contributed by atoms with Gasteiger partial charge in [-0.15, -0.1) is 0 Å². The third-order valence-corrected chi connectivity index (χ3v) is 2.68. The van der Waals surface area contributed by atoms with Gasteiger partial charge in [0.15, 0.2) is 0 Å². The number of aromatic nitrogens is 2. The van der Waals surface area contributed by atoms with Gasteiger partial charge in [0.2, 0.25) is 0 Å². The predicted octanol–water partition coefficient (Wildman–Crippen LogP) is 2.04. The molecule has 0 saturated carbocycles. The van der Waals surface area contributed by atoms with Crippen molar-refractivity contribution in [3.63, 3.8) is 0 Å². The zero-order valence-electron chi connectivity index (χ0n) is 10.1. The van der Waals surface area contributed by atoms with Crippen molar-refractivity contribution in [1.82, 2.24) is 9.55 Å². The van der Waals surface area contributed by atoms with Crippen LogP contribution in [-0.4, -0.2) is 16.7 Å². The Bertz CT molecular complexity index is 491. The molecule has 0 amide bonds. The fourth-order valence-corrected chi connectivity index (χ4v) is 1.87. The van der Waals surface area contributed by atoms with Gasteiger partial charge in [-0.05, 0) is 13.0 Å². The molecule has 17 heavy (non-hydrogen) atoms. The Morgan fingerprint density at radius 2 is 2.18 bits per heavy atom. The molecule has 0 fully saturated rings. The third-order valence-electron chi connectivity index (χ3n) is 2.68. The molecule has 1 aromatic carbocycles. The molecule has 90 valence electrons. The Labute approximate surface area is 101 Å². The molecule has 1 heterocycles. The molecule has 1 atom stereocenters. The maximum absolute atomic E-state index is 5.93. The van der Waals surface area contributed by atoms with Gasteiger partial charge in [0.1, 0.15) is 0 Å². The fourth-order valence-electron chi connectivity index (χ4n) is 1.87. The lowest BCUT2D eigenvalue weighted by atomic mass is 10.1. The van der Waals surface area contributed by atoms with Crippen LogP contribution in [0.2, 0.25) is 0 Å². The van der Waals surface area contributed by atoms with Gasteiger partial charge in [-0.1, -0.05) is 18.2 Å². The van der Waals surface area contributed by atoms with Crippen molar-refractivity contribution in [3.05, 3.63) is 48.0 Å². The molecule has 2 aromatic rings. The molecule has 1 aromatic heterocycles. The van der Waals surface area contributed by atoms with Gasteiger partial charge < -0.3 is 15.0 Å². The second kappa shape index (κ2) is 5.12. The first-order chi connectivity index (χ1) is 8.24. The highest BCUT2D eigenvalue weighted by atomic mass is 16.5. The lowest BCUT2D eigenvalue weighted by Crippen LogP contribution is -2.11. The minimum Gasteiger partial charge on any atom is -0.380 e. The predicted molar refractivity (Wildman–Crippen MR) is 66.9 cm³/mol. The van der Waals surface area contributed by atoms with E-state index < -0.39 is 0 Å². The van der Waals surface area contributed by atoms with E-state index in [1.165, 1.54) is 0 Å². The van der Waals surface area contributed by atoms with E-state index in [2.05, 4.69) is 4.98 Å². The van der Waals surface area contributed by atoms with Gasteiger partial charge >= 0.3 is 0 Å². The van der Waals surface area contributed by atoms with Gasteiger partial charge in [0.05, 0.1) is 30.5 Å². The Morgan fingerprint density at radius 1 is 1.41 bits per heavy atom. The van der Waals surface area contributed by atoms with E-state index >= 15 is 0 Å². The van der Waals surface area contributed by atoms with Gasteiger partial charge in [0, 0.05) is 18.7 Å². The maximum atomic E-state index is 5.93. The van der Waals surface area contributed by atoms with Crippen molar-refractivity contribution in [3.8, 4) is 5.69 Å². The molecule has 0 aliphatic heterocycles. The van der Waals surface area contributed by atoms with Crippen LogP contribution in [0.25, 0.3) is 5.69 Å². The minimum atomic E-state index is -0.0481. The maximum Gasteiger partial charge on any atom is 0.0994 e. The zero-order valence-corrected chi connectivity index (χ0v) is 10.1. The summed E-state index contributed by atoms with van der Waals surface area (Å²) in [4.78, 5) is 4.16. The number of para-hydroxylation sites is 1. The van der Waals surface area contributed by atoms with Gasteiger partial charge in [0.25, 0.3) is 0 Å². The molecule has 0 aliphatic rings. The van der Waals surface area contributed by atoms with Crippen molar-refractivity contribution in [1.29, 1.82) is 0 Å². The lowest BCUT2D eigenvalue weighted by molar-refractivity contribution is 0.184. The highest BCUT2D eigenvalue weighted by Crippen LogP contribution is 2.20. The second-order valence-electron chi connectivity index (χ2n) is 4.04. The molecule has 0 radical (unpaired) electrons. The van der Waals surface area contributed by atoms with Crippen LogP contribution in [0, 0.1) is 0 Å². The number of ether oxygens (including phenoxy) is 1. The fraction of sp³-hybridized carbons (Fsp3) is 0.308. The van der Waals surface area contributed by atoms with Crippen LogP contribution in [0.5, 0.6) is 0 Å². The number of rotatable bonds is 4. The van der Waals surface area contributed by atoms with Crippen molar-refractivity contribution in [2.45, 2.75) is 19.6 Å². The zero-order chi connectivity index (χ0) is 12.3. The van der Waals surface area contributed by atoms with Gasteiger partial charge in [-0.3, -0.25) is 0 Å². The number of methoxy groups -OCH3 is 1. The standard InChI is InChI=1S/C13H17N3O/c1-10(14)13-7-15-9-16(13)12-6-4-3-5-11(12)8-17-2/h3-7,9-10H,8,14H2,1-2H3/t10-/m0/s1. The number of hydrogen-bond acceptors (Lipinski definition) is 3. The van der Waals surface area contributed by atoms with Crippen LogP contribution in [0.15, 0.2) is 36.8 Å². The quantitative estimate of drug-likeness (QED) is 0.876. The van der Waals surface area contributed by atoms with Crippen LogP contribution in [0.3, 0.4) is 0 Å². The van der Waals surface area contributed by atoms with E-state index in [0.717, 1.165) is 16.9 Å². The van der Waals surface area contributed by atoms with Crippen molar-refractivity contribution < 1.29 is 4.74 Å². The number of imidazole rings is 1. The smallest absolute Gasteiger partial charge is 0.0994 e. The molecule has 0 spiro atoms. The Morgan fingerprint density at radius 3 is 2.88 bits per heavy atom. The molecular weight excluding hydrogens is 214 g/mol. The van der Waals surface area contributed by atoms with Crippen LogP contribution < -0.4 is 5.73 Å².